The molecule has 1 nitrogen and oxygen atoms in total. The molecule has 19 heavy (non-hydrogen) atoms. The Bertz CT molecular complexity index is 521. The van der Waals surface area contributed by atoms with Crippen LogP contribution in [0.25, 0.3) is 0 Å². The van der Waals surface area contributed by atoms with Crippen molar-refractivity contribution in [1.82, 2.24) is 5.32 Å². The highest BCUT2D eigenvalue weighted by molar-refractivity contribution is 7.11. The first-order valence-corrected chi connectivity index (χ1v) is 7.90. The summed E-state index contributed by atoms with van der Waals surface area (Å²) in [4.78, 5) is 2.92. The first kappa shape index (κ1) is 14.6. The molecule has 102 valence electrons. The number of hydrogen-bond acceptors (Lipinski definition) is 2. The van der Waals surface area contributed by atoms with Crippen molar-refractivity contribution in [3.05, 3.63) is 56.7 Å². The maximum absolute atomic E-state index is 6.04. The summed E-state index contributed by atoms with van der Waals surface area (Å²) >= 11 is 7.96. The number of aryl methyl sites for hydroxylation is 1. The molecule has 0 spiro atoms. The first-order valence-electron chi connectivity index (χ1n) is 6.70. The van der Waals surface area contributed by atoms with Crippen LogP contribution in [0.5, 0.6) is 0 Å². The fourth-order valence-electron chi connectivity index (χ4n) is 2.19. The van der Waals surface area contributed by atoms with Crippen LogP contribution >= 0.6 is 22.9 Å². The van der Waals surface area contributed by atoms with Crippen LogP contribution in [0.2, 0.25) is 5.02 Å². The van der Waals surface area contributed by atoms with Gasteiger partial charge in [0.1, 0.15) is 0 Å². The van der Waals surface area contributed by atoms with Gasteiger partial charge < -0.3 is 5.32 Å². The van der Waals surface area contributed by atoms with Crippen molar-refractivity contribution in [3.8, 4) is 0 Å². The third-order valence-electron chi connectivity index (χ3n) is 3.29. The molecule has 1 aromatic heterocycles. The molecule has 2 aromatic rings. The van der Waals surface area contributed by atoms with Gasteiger partial charge in [0.2, 0.25) is 0 Å². The van der Waals surface area contributed by atoms with Crippen LogP contribution in [0.1, 0.15) is 22.2 Å². The van der Waals surface area contributed by atoms with Crippen molar-refractivity contribution < 1.29 is 0 Å². The molecule has 1 heterocycles. The van der Waals surface area contributed by atoms with Crippen molar-refractivity contribution in [2.24, 2.45) is 0 Å². The zero-order valence-electron chi connectivity index (χ0n) is 11.4. The average Bonchev–Trinajstić information content (AvgIpc) is 2.85. The van der Waals surface area contributed by atoms with Crippen molar-refractivity contribution in [3.63, 3.8) is 0 Å². The highest BCUT2D eigenvalue weighted by atomic mass is 35.5. The van der Waals surface area contributed by atoms with Crippen LogP contribution in [0.3, 0.4) is 0 Å². The van der Waals surface area contributed by atoms with Gasteiger partial charge in [0, 0.05) is 20.8 Å². The second-order valence-electron chi connectivity index (χ2n) is 4.75. The number of likely N-dealkylation sites (N-methyl/N-ethyl adjacent to an activating group) is 1. The molecule has 0 bridgehead atoms. The van der Waals surface area contributed by atoms with Crippen LogP contribution in [0.15, 0.2) is 36.4 Å². The van der Waals surface area contributed by atoms with E-state index < -0.39 is 0 Å². The van der Waals surface area contributed by atoms with E-state index in [1.54, 1.807) is 0 Å². The summed E-state index contributed by atoms with van der Waals surface area (Å²) in [5.41, 5.74) is 1.29. The van der Waals surface area contributed by atoms with Gasteiger partial charge in [-0.3, -0.25) is 0 Å². The zero-order valence-corrected chi connectivity index (χ0v) is 13.0. The third kappa shape index (κ3) is 4.34. The number of nitrogens with one attached hydrogen (secondary N) is 1. The Hall–Kier alpha value is -0.830. The molecular formula is C16H20ClNS. The predicted octanol–water partition coefficient (Wildman–Crippen LogP) is 4.34. The normalized spacial score (nSPS) is 12.6. The molecule has 1 aromatic carbocycles. The first-order chi connectivity index (χ1) is 9.21. The zero-order chi connectivity index (χ0) is 13.7. The van der Waals surface area contributed by atoms with Crippen molar-refractivity contribution >= 4 is 22.9 Å². The van der Waals surface area contributed by atoms with Gasteiger partial charge in [-0.2, -0.15) is 0 Å². The maximum Gasteiger partial charge on any atom is 0.0408 e. The van der Waals surface area contributed by atoms with Gasteiger partial charge in [0.25, 0.3) is 0 Å². The summed E-state index contributed by atoms with van der Waals surface area (Å²) in [5.74, 6) is 0. The average molecular weight is 294 g/mol. The lowest BCUT2D eigenvalue weighted by Crippen LogP contribution is -2.29. The van der Waals surface area contributed by atoms with Gasteiger partial charge in [-0.1, -0.05) is 30.7 Å². The second-order valence-corrected chi connectivity index (χ2v) is 6.43. The summed E-state index contributed by atoms with van der Waals surface area (Å²) in [6.07, 6.45) is 3.22. The number of hydrogen-bond donors (Lipinski definition) is 1. The molecule has 0 saturated heterocycles. The molecule has 0 amide bonds. The van der Waals surface area contributed by atoms with E-state index in [1.807, 2.05) is 30.5 Å². The van der Waals surface area contributed by atoms with Gasteiger partial charge in [-0.25, -0.2) is 0 Å². The SMILES string of the molecule is CCc1ccc(CC(Cc2cccc(Cl)c2)NC)s1. The highest BCUT2D eigenvalue weighted by Gasteiger charge is 2.10. The van der Waals surface area contributed by atoms with Gasteiger partial charge in [-0.05, 0) is 56.1 Å². The van der Waals surface area contributed by atoms with E-state index in [2.05, 4.69) is 36.5 Å². The lowest BCUT2D eigenvalue weighted by atomic mass is 10.0. The number of rotatable bonds is 6. The Morgan fingerprint density at radius 2 is 1.95 bits per heavy atom. The molecule has 1 atom stereocenters. The van der Waals surface area contributed by atoms with E-state index in [0.29, 0.717) is 6.04 Å². The summed E-state index contributed by atoms with van der Waals surface area (Å²) < 4.78 is 0. The lowest BCUT2D eigenvalue weighted by molar-refractivity contribution is 0.560. The van der Waals surface area contributed by atoms with Crippen LogP contribution in [0, 0.1) is 0 Å². The molecule has 0 aliphatic carbocycles. The van der Waals surface area contributed by atoms with E-state index in [9.17, 15) is 0 Å². The van der Waals surface area contributed by atoms with Gasteiger partial charge >= 0.3 is 0 Å². The largest absolute Gasteiger partial charge is 0.316 e. The Labute approximate surface area is 124 Å². The molecule has 1 unspecified atom stereocenters. The fraction of sp³-hybridized carbons (Fsp3) is 0.375. The summed E-state index contributed by atoms with van der Waals surface area (Å²) in [5, 5.41) is 4.23. The third-order valence-corrected chi connectivity index (χ3v) is 4.78. The second kappa shape index (κ2) is 7.09. The summed E-state index contributed by atoms with van der Waals surface area (Å²) in [7, 11) is 2.03. The minimum Gasteiger partial charge on any atom is -0.316 e. The van der Waals surface area contributed by atoms with Crippen LogP contribution in [-0.2, 0) is 19.3 Å². The van der Waals surface area contributed by atoms with E-state index in [0.717, 1.165) is 24.3 Å². The van der Waals surface area contributed by atoms with E-state index in [1.165, 1.54) is 15.3 Å². The molecule has 3 heteroatoms. The Balaban J connectivity index is 2.00. The smallest absolute Gasteiger partial charge is 0.0408 e. The summed E-state index contributed by atoms with van der Waals surface area (Å²) in [6, 6.07) is 13.1. The molecule has 2 rings (SSSR count). The minimum atomic E-state index is 0.460. The molecule has 0 saturated carbocycles. The quantitative estimate of drug-likeness (QED) is 0.835. The summed E-state index contributed by atoms with van der Waals surface area (Å²) in [6.45, 7) is 2.21. The number of benzene rings is 1. The van der Waals surface area contributed by atoms with Gasteiger partial charge in [-0.15, -0.1) is 11.3 Å². The number of halogens is 1. The molecule has 0 aliphatic rings. The van der Waals surface area contributed by atoms with Crippen molar-refractivity contribution in [1.29, 1.82) is 0 Å². The van der Waals surface area contributed by atoms with Crippen molar-refractivity contribution in [2.75, 3.05) is 7.05 Å². The molecular weight excluding hydrogens is 274 g/mol. The number of thiophene rings is 1. The lowest BCUT2D eigenvalue weighted by Gasteiger charge is -2.15. The van der Waals surface area contributed by atoms with E-state index in [4.69, 9.17) is 11.6 Å². The Morgan fingerprint density at radius 1 is 1.16 bits per heavy atom. The Morgan fingerprint density at radius 3 is 2.58 bits per heavy atom. The monoisotopic (exact) mass is 293 g/mol. The van der Waals surface area contributed by atoms with E-state index in [-0.39, 0.29) is 0 Å². The molecule has 0 aliphatic heterocycles. The molecule has 0 radical (unpaired) electrons. The van der Waals surface area contributed by atoms with E-state index >= 15 is 0 Å². The van der Waals surface area contributed by atoms with Crippen molar-refractivity contribution in [2.45, 2.75) is 32.2 Å². The van der Waals surface area contributed by atoms with Crippen LogP contribution in [-0.4, -0.2) is 13.1 Å². The topological polar surface area (TPSA) is 12.0 Å². The van der Waals surface area contributed by atoms with Crippen LogP contribution in [0.4, 0.5) is 0 Å². The highest BCUT2D eigenvalue weighted by Crippen LogP contribution is 2.20. The molecule has 1 N–H and O–H groups in total. The van der Waals surface area contributed by atoms with Crippen LogP contribution < -0.4 is 5.32 Å². The maximum atomic E-state index is 6.04. The Kier molecular flexibility index (Phi) is 5.44. The fourth-order valence-corrected chi connectivity index (χ4v) is 3.44. The van der Waals surface area contributed by atoms with Gasteiger partial charge in [0.05, 0.1) is 0 Å². The standard InChI is InChI=1S/C16H20ClNS/c1-3-15-7-8-16(19-15)11-14(18-2)10-12-5-4-6-13(17)9-12/h4-9,14,18H,3,10-11H2,1-2H3. The molecule has 0 fully saturated rings. The minimum absolute atomic E-state index is 0.460. The van der Waals surface area contributed by atoms with Gasteiger partial charge in [0.15, 0.2) is 0 Å². The predicted molar refractivity (Wildman–Crippen MR) is 85.4 cm³/mol.